The lowest BCUT2D eigenvalue weighted by atomic mass is 10.2. The minimum absolute atomic E-state index is 0.962. The maximum absolute atomic E-state index is 4.69. The van der Waals surface area contributed by atoms with Gasteiger partial charge in [-0.1, -0.05) is 18.2 Å². The van der Waals surface area contributed by atoms with Crippen LogP contribution in [0.5, 0.6) is 0 Å². The van der Waals surface area contributed by atoms with Crippen LogP contribution in [0.3, 0.4) is 0 Å². The summed E-state index contributed by atoms with van der Waals surface area (Å²) < 4.78 is 2.19. The molecule has 2 heterocycles. The second-order valence-electron chi connectivity index (χ2n) is 4.51. The highest BCUT2D eigenvalue weighted by Crippen LogP contribution is 2.25. The highest BCUT2D eigenvalue weighted by Gasteiger charge is 2.13. The number of para-hydroxylation sites is 1. The molecule has 0 aliphatic rings. The fourth-order valence-corrected chi connectivity index (χ4v) is 2.20. The fraction of sp³-hybridized carbons (Fsp3) is 0.125. The molecule has 0 amide bonds. The second kappa shape index (κ2) is 4.69. The molecule has 0 saturated carbocycles. The number of aryl methyl sites for hydroxylation is 1. The Bertz CT molecular complexity index is 685. The van der Waals surface area contributed by atoms with E-state index in [1.807, 2.05) is 37.3 Å². The molecule has 3 aromatic rings. The number of pyridine rings is 1. The van der Waals surface area contributed by atoms with Crippen LogP contribution in [-0.2, 0) is 0 Å². The number of nitrogens with zero attached hydrogens (tertiary/aromatic N) is 3. The van der Waals surface area contributed by atoms with Gasteiger partial charge >= 0.3 is 0 Å². The molecule has 94 valence electrons. The quantitative estimate of drug-likeness (QED) is 0.695. The first-order valence-corrected chi connectivity index (χ1v) is 6.29. The van der Waals surface area contributed by atoms with Crippen LogP contribution in [-0.4, -0.2) is 14.5 Å². The van der Waals surface area contributed by atoms with Gasteiger partial charge < -0.3 is 0 Å². The maximum atomic E-state index is 4.69. The molecule has 0 spiro atoms. The zero-order valence-corrected chi connectivity index (χ0v) is 11.0. The van der Waals surface area contributed by atoms with Gasteiger partial charge in [0.25, 0.3) is 0 Å². The van der Waals surface area contributed by atoms with Gasteiger partial charge in [0, 0.05) is 29.3 Å². The molecule has 0 aliphatic carbocycles. The first kappa shape index (κ1) is 11.7. The zero-order valence-electron chi connectivity index (χ0n) is 11.0. The molecule has 0 bridgehead atoms. The van der Waals surface area contributed by atoms with Crippen LogP contribution in [0.15, 0.2) is 54.9 Å². The molecular weight excluding hydrogens is 234 g/mol. The average Bonchev–Trinajstić information content (AvgIpc) is 2.77. The molecule has 0 fully saturated rings. The smallest absolute Gasteiger partial charge is 0.145 e. The topological polar surface area (TPSA) is 30.7 Å². The van der Waals surface area contributed by atoms with Crippen LogP contribution in [0.2, 0.25) is 0 Å². The normalized spacial score (nSPS) is 10.6. The van der Waals surface area contributed by atoms with Crippen molar-refractivity contribution in [2.45, 2.75) is 13.8 Å². The van der Waals surface area contributed by atoms with E-state index in [2.05, 4.69) is 28.6 Å². The summed E-state index contributed by atoms with van der Waals surface area (Å²) in [7, 11) is 0. The minimum atomic E-state index is 0.962. The van der Waals surface area contributed by atoms with E-state index in [-0.39, 0.29) is 0 Å². The van der Waals surface area contributed by atoms with E-state index in [9.17, 15) is 0 Å². The lowest BCUT2D eigenvalue weighted by Gasteiger charge is -2.10. The summed E-state index contributed by atoms with van der Waals surface area (Å²) in [5.41, 5.74) is 4.43. The monoisotopic (exact) mass is 249 g/mol. The largest absolute Gasteiger partial charge is 0.297 e. The Morgan fingerprint density at radius 2 is 1.58 bits per heavy atom. The fourth-order valence-electron chi connectivity index (χ4n) is 2.20. The number of rotatable bonds is 2. The summed E-state index contributed by atoms with van der Waals surface area (Å²) in [6, 6.07) is 14.3. The van der Waals surface area contributed by atoms with E-state index in [0.717, 1.165) is 28.5 Å². The molecule has 0 unspecified atom stereocenters. The number of aromatic nitrogens is 3. The van der Waals surface area contributed by atoms with Gasteiger partial charge in [-0.05, 0) is 38.1 Å². The molecule has 19 heavy (non-hydrogen) atoms. The van der Waals surface area contributed by atoms with Crippen molar-refractivity contribution in [2.75, 3.05) is 0 Å². The summed E-state index contributed by atoms with van der Waals surface area (Å²) in [6.07, 6.45) is 3.59. The van der Waals surface area contributed by atoms with Gasteiger partial charge in [-0.15, -0.1) is 0 Å². The summed E-state index contributed by atoms with van der Waals surface area (Å²) in [4.78, 5) is 8.76. The highest BCUT2D eigenvalue weighted by atomic mass is 15.1. The molecule has 3 nitrogen and oxygen atoms in total. The van der Waals surface area contributed by atoms with Gasteiger partial charge in [0.2, 0.25) is 0 Å². The second-order valence-corrected chi connectivity index (χ2v) is 4.51. The van der Waals surface area contributed by atoms with Crippen LogP contribution in [0.1, 0.15) is 11.4 Å². The van der Waals surface area contributed by atoms with Gasteiger partial charge in [0.1, 0.15) is 5.82 Å². The third-order valence-electron chi connectivity index (χ3n) is 3.30. The van der Waals surface area contributed by atoms with E-state index in [4.69, 9.17) is 4.98 Å². The van der Waals surface area contributed by atoms with Crippen LogP contribution < -0.4 is 0 Å². The molecule has 3 rings (SSSR count). The van der Waals surface area contributed by atoms with E-state index in [1.54, 1.807) is 12.4 Å². The predicted molar refractivity (Wildman–Crippen MR) is 76.3 cm³/mol. The Balaban J connectivity index is 2.25. The van der Waals surface area contributed by atoms with Crippen molar-refractivity contribution in [1.82, 2.24) is 14.5 Å². The third-order valence-corrected chi connectivity index (χ3v) is 3.30. The molecule has 1 aromatic carbocycles. The zero-order chi connectivity index (χ0) is 13.2. The number of benzene rings is 1. The molecule has 0 radical (unpaired) electrons. The van der Waals surface area contributed by atoms with Crippen LogP contribution >= 0.6 is 0 Å². The van der Waals surface area contributed by atoms with Crippen molar-refractivity contribution in [2.24, 2.45) is 0 Å². The van der Waals surface area contributed by atoms with E-state index in [1.165, 1.54) is 0 Å². The molecule has 3 heteroatoms. The minimum Gasteiger partial charge on any atom is -0.297 e. The molecular formula is C16H15N3. The Kier molecular flexibility index (Phi) is 2.88. The van der Waals surface area contributed by atoms with Crippen molar-refractivity contribution >= 4 is 0 Å². The summed E-state index contributed by atoms with van der Waals surface area (Å²) in [6.45, 7) is 4.14. The predicted octanol–water partition coefficient (Wildman–Crippen LogP) is 3.55. The van der Waals surface area contributed by atoms with E-state index >= 15 is 0 Å². The number of hydrogen-bond donors (Lipinski definition) is 0. The highest BCUT2D eigenvalue weighted by molar-refractivity contribution is 5.59. The first-order valence-electron chi connectivity index (χ1n) is 6.29. The van der Waals surface area contributed by atoms with E-state index in [0.29, 0.717) is 0 Å². The molecule has 0 saturated heterocycles. The molecule has 0 N–H and O–H groups in total. The third kappa shape index (κ3) is 2.03. The Morgan fingerprint density at radius 1 is 0.895 bits per heavy atom. The lowest BCUT2D eigenvalue weighted by molar-refractivity contribution is 1.01. The molecule has 0 aliphatic heterocycles. The Morgan fingerprint density at radius 3 is 2.26 bits per heavy atom. The van der Waals surface area contributed by atoms with Gasteiger partial charge in [-0.3, -0.25) is 9.55 Å². The maximum Gasteiger partial charge on any atom is 0.145 e. The van der Waals surface area contributed by atoms with Gasteiger partial charge in [-0.2, -0.15) is 0 Å². The van der Waals surface area contributed by atoms with Gasteiger partial charge in [0.05, 0.1) is 5.69 Å². The summed E-state index contributed by atoms with van der Waals surface area (Å²) in [5, 5.41) is 0. The van der Waals surface area contributed by atoms with Crippen molar-refractivity contribution in [3.8, 4) is 17.1 Å². The summed E-state index contributed by atoms with van der Waals surface area (Å²) in [5.74, 6) is 0.962. The number of hydrogen-bond acceptors (Lipinski definition) is 2. The van der Waals surface area contributed by atoms with Crippen molar-refractivity contribution in [3.63, 3.8) is 0 Å². The standard InChI is InChI=1S/C16H15N3/c1-12-13(2)19(15-6-4-3-5-7-15)16(18-12)14-8-10-17-11-9-14/h3-11H,1-2H3. The molecule has 0 atom stereocenters. The number of imidazole rings is 1. The first-order chi connectivity index (χ1) is 9.27. The van der Waals surface area contributed by atoms with Gasteiger partial charge in [0.15, 0.2) is 0 Å². The van der Waals surface area contributed by atoms with Gasteiger partial charge in [-0.25, -0.2) is 4.98 Å². The SMILES string of the molecule is Cc1nc(-c2ccncc2)n(-c2ccccc2)c1C. The summed E-state index contributed by atoms with van der Waals surface area (Å²) >= 11 is 0. The Hall–Kier alpha value is -2.42. The lowest BCUT2D eigenvalue weighted by Crippen LogP contribution is -1.99. The van der Waals surface area contributed by atoms with Crippen molar-refractivity contribution < 1.29 is 0 Å². The van der Waals surface area contributed by atoms with Crippen LogP contribution in [0.4, 0.5) is 0 Å². The van der Waals surface area contributed by atoms with Crippen LogP contribution in [0.25, 0.3) is 17.1 Å². The van der Waals surface area contributed by atoms with E-state index < -0.39 is 0 Å². The average molecular weight is 249 g/mol. The van der Waals surface area contributed by atoms with Crippen molar-refractivity contribution in [1.29, 1.82) is 0 Å². The van der Waals surface area contributed by atoms with Crippen LogP contribution in [0, 0.1) is 13.8 Å². The van der Waals surface area contributed by atoms with Crippen molar-refractivity contribution in [3.05, 3.63) is 66.2 Å². The Labute approximate surface area is 112 Å². The molecule has 2 aromatic heterocycles.